The van der Waals surface area contributed by atoms with Gasteiger partial charge < -0.3 is 15.8 Å². The average Bonchev–Trinajstić information content (AvgIpc) is 2.55. The lowest BCUT2D eigenvalue weighted by Gasteiger charge is -2.26. The molecule has 2 aromatic rings. The molecule has 0 aromatic heterocycles. The van der Waals surface area contributed by atoms with Crippen LogP contribution >= 0.6 is 23.2 Å². The van der Waals surface area contributed by atoms with Gasteiger partial charge >= 0.3 is 0 Å². The lowest BCUT2D eigenvalue weighted by Crippen LogP contribution is -2.34. The van der Waals surface area contributed by atoms with Gasteiger partial charge in [-0.15, -0.1) is 0 Å². The van der Waals surface area contributed by atoms with Gasteiger partial charge in [0.15, 0.2) is 6.61 Å². The number of carbonyl (C=O) groups is 1. The van der Waals surface area contributed by atoms with Crippen molar-refractivity contribution in [3.8, 4) is 5.75 Å². The van der Waals surface area contributed by atoms with Crippen LogP contribution in [0.1, 0.15) is 30.0 Å². The Labute approximate surface area is 150 Å². The van der Waals surface area contributed by atoms with Gasteiger partial charge in [0.1, 0.15) is 5.75 Å². The lowest BCUT2D eigenvalue weighted by atomic mass is 9.87. The number of nitrogens with two attached hydrogens (primary N) is 1. The van der Waals surface area contributed by atoms with Crippen LogP contribution in [0, 0.1) is 0 Å². The Hall–Kier alpha value is -1.91. The third-order valence-electron chi connectivity index (χ3n) is 4.07. The quantitative estimate of drug-likeness (QED) is 0.800. The molecule has 6 heteroatoms. The van der Waals surface area contributed by atoms with Crippen LogP contribution in [-0.4, -0.2) is 12.5 Å². The van der Waals surface area contributed by atoms with Crippen LogP contribution in [-0.2, 0) is 11.2 Å². The fraction of sp³-hybridized carbons (Fsp3) is 0.278. The van der Waals surface area contributed by atoms with Crippen molar-refractivity contribution < 1.29 is 9.53 Å². The van der Waals surface area contributed by atoms with E-state index in [1.165, 1.54) is 5.56 Å². The average molecular weight is 365 g/mol. The highest BCUT2D eigenvalue weighted by Gasteiger charge is 2.22. The highest BCUT2D eigenvalue weighted by atomic mass is 35.5. The molecule has 3 N–H and O–H groups in total. The van der Waals surface area contributed by atoms with Crippen LogP contribution in [0.15, 0.2) is 36.4 Å². The number of ether oxygens (including phenoxy) is 1. The summed E-state index contributed by atoms with van der Waals surface area (Å²) >= 11 is 11.9. The number of rotatable bonds is 4. The molecule has 0 saturated carbocycles. The van der Waals surface area contributed by atoms with E-state index in [9.17, 15) is 4.79 Å². The van der Waals surface area contributed by atoms with Gasteiger partial charge in [0.2, 0.25) is 0 Å². The van der Waals surface area contributed by atoms with E-state index < -0.39 is 0 Å². The maximum atomic E-state index is 12.2. The maximum Gasteiger partial charge on any atom is 0.258 e. The SMILES string of the molecule is Nc1ccc2c(c1)CCCC2NC(=O)COc1cc(Cl)ccc1Cl. The number of fused-ring (bicyclic) bond motifs is 1. The summed E-state index contributed by atoms with van der Waals surface area (Å²) in [4.78, 5) is 12.2. The van der Waals surface area contributed by atoms with Crippen LogP contribution in [0.4, 0.5) is 5.69 Å². The number of anilines is 1. The molecule has 3 rings (SSSR count). The van der Waals surface area contributed by atoms with Gasteiger partial charge in [-0.3, -0.25) is 4.79 Å². The molecule has 126 valence electrons. The van der Waals surface area contributed by atoms with Crippen LogP contribution in [0.2, 0.25) is 10.0 Å². The Morgan fingerprint density at radius 3 is 2.92 bits per heavy atom. The molecule has 0 bridgehead atoms. The van der Waals surface area contributed by atoms with Crippen molar-refractivity contribution in [2.45, 2.75) is 25.3 Å². The Morgan fingerprint density at radius 1 is 1.25 bits per heavy atom. The normalized spacial score (nSPS) is 16.3. The molecule has 1 atom stereocenters. The fourth-order valence-electron chi connectivity index (χ4n) is 2.95. The summed E-state index contributed by atoms with van der Waals surface area (Å²) in [5.41, 5.74) is 8.91. The molecule has 0 heterocycles. The molecule has 2 aromatic carbocycles. The van der Waals surface area contributed by atoms with Crippen LogP contribution in [0.25, 0.3) is 0 Å². The molecule has 1 aliphatic carbocycles. The fourth-order valence-corrected chi connectivity index (χ4v) is 3.29. The van der Waals surface area contributed by atoms with Gasteiger partial charge in [-0.25, -0.2) is 0 Å². The minimum Gasteiger partial charge on any atom is -0.482 e. The van der Waals surface area contributed by atoms with Gasteiger partial charge in [-0.05, 0) is 54.7 Å². The number of carbonyl (C=O) groups excluding carboxylic acids is 1. The van der Waals surface area contributed by atoms with E-state index in [-0.39, 0.29) is 18.6 Å². The zero-order chi connectivity index (χ0) is 17.1. The van der Waals surface area contributed by atoms with E-state index in [0.29, 0.717) is 15.8 Å². The van der Waals surface area contributed by atoms with Crippen molar-refractivity contribution in [1.82, 2.24) is 5.32 Å². The first-order valence-corrected chi connectivity index (χ1v) is 8.54. The highest BCUT2D eigenvalue weighted by molar-refractivity contribution is 6.34. The zero-order valence-electron chi connectivity index (χ0n) is 13.0. The van der Waals surface area contributed by atoms with Gasteiger partial charge in [0.25, 0.3) is 5.91 Å². The predicted molar refractivity (Wildman–Crippen MR) is 96.6 cm³/mol. The molecule has 1 aliphatic rings. The first kappa shape index (κ1) is 16.9. The molecule has 24 heavy (non-hydrogen) atoms. The number of hydrogen-bond acceptors (Lipinski definition) is 3. The smallest absolute Gasteiger partial charge is 0.258 e. The second kappa shape index (κ2) is 7.32. The topological polar surface area (TPSA) is 64.3 Å². The number of amides is 1. The van der Waals surface area contributed by atoms with E-state index >= 15 is 0 Å². The Kier molecular flexibility index (Phi) is 5.17. The first-order chi connectivity index (χ1) is 11.5. The van der Waals surface area contributed by atoms with Crippen molar-refractivity contribution >= 4 is 34.8 Å². The Balaban J connectivity index is 1.63. The minimum atomic E-state index is -0.194. The molecule has 4 nitrogen and oxygen atoms in total. The number of nitrogens with one attached hydrogen (secondary N) is 1. The monoisotopic (exact) mass is 364 g/mol. The molecule has 1 unspecified atom stereocenters. The second-order valence-electron chi connectivity index (χ2n) is 5.83. The summed E-state index contributed by atoms with van der Waals surface area (Å²) in [5.74, 6) is 0.205. The maximum absolute atomic E-state index is 12.2. The van der Waals surface area contributed by atoms with Gasteiger partial charge in [0, 0.05) is 16.8 Å². The number of nitrogen functional groups attached to an aromatic ring is 1. The van der Waals surface area contributed by atoms with Crippen molar-refractivity contribution in [1.29, 1.82) is 0 Å². The van der Waals surface area contributed by atoms with E-state index in [1.807, 2.05) is 18.2 Å². The Bertz CT molecular complexity index is 765. The second-order valence-corrected chi connectivity index (χ2v) is 6.68. The molecule has 0 saturated heterocycles. The molecular formula is C18H18Cl2N2O2. The summed E-state index contributed by atoms with van der Waals surface area (Å²) in [6, 6.07) is 10.7. The zero-order valence-corrected chi connectivity index (χ0v) is 14.5. The number of halogens is 2. The molecule has 0 spiro atoms. The summed E-state index contributed by atoms with van der Waals surface area (Å²) in [6.45, 7) is -0.110. The van der Waals surface area contributed by atoms with Crippen molar-refractivity contribution in [2.75, 3.05) is 12.3 Å². The van der Waals surface area contributed by atoms with E-state index in [0.717, 1.165) is 30.5 Å². The molecular weight excluding hydrogens is 347 g/mol. The van der Waals surface area contributed by atoms with Gasteiger partial charge in [-0.1, -0.05) is 29.3 Å². The Morgan fingerprint density at radius 2 is 2.08 bits per heavy atom. The number of aryl methyl sites for hydroxylation is 1. The van der Waals surface area contributed by atoms with Crippen molar-refractivity contribution in [3.05, 3.63) is 57.6 Å². The van der Waals surface area contributed by atoms with Gasteiger partial charge in [0.05, 0.1) is 11.1 Å². The molecule has 0 radical (unpaired) electrons. The standard InChI is InChI=1S/C18H18Cl2N2O2/c19-12-4-7-15(20)17(9-12)24-10-18(23)22-16-3-1-2-11-8-13(21)5-6-14(11)16/h4-9,16H,1-3,10,21H2,(H,22,23). The van der Waals surface area contributed by atoms with Crippen LogP contribution in [0.3, 0.4) is 0 Å². The first-order valence-electron chi connectivity index (χ1n) is 7.78. The van der Waals surface area contributed by atoms with Crippen LogP contribution in [0.5, 0.6) is 5.75 Å². The van der Waals surface area contributed by atoms with Crippen molar-refractivity contribution in [2.24, 2.45) is 0 Å². The van der Waals surface area contributed by atoms with E-state index in [1.54, 1.807) is 18.2 Å². The largest absolute Gasteiger partial charge is 0.482 e. The third-order valence-corrected chi connectivity index (χ3v) is 4.62. The highest BCUT2D eigenvalue weighted by Crippen LogP contribution is 2.31. The molecule has 0 fully saturated rings. The molecule has 0 aliphatic heterocycles. The number of benzene rings is 2. The summed E-state index contributed by atoms with van der Waals surface area (Å²) < 4.78 is 5.48. The van der Waals surface area contributed by atoms with Crippen molar-refractivity contribution in [3.63, 3.8) is 0 Å². The van der Waals surface area contributed by atoms with E-state index in [4.69, 9.17) is 33.7 Å². The van der Waals surface area contributed by atoms with Crippen LogP contribution < -0.4 is 15.8 Å². The lowest BCUT2D eigenvalue weighted by molar-refractivity contribution is -0.123. The third kappa shape index (κ3) is 3.94. The van der Waals surface area contributed by atoms with E-state index in [2.05, 4.69) is 5.32 Å². The predicted octanol–water partition coefficient (Wildman–Crippen LogP) is 4.15. The summed E-state index contributed by atoms with van der Waals surface area (Å²) in [7, 11) is 0. The molecule has 1 amide bonds. The summed E-state index contributed by atoms with van der Waals surface area (Å²) in [6.07, 6.45) is 2.91. The summed E-state index contributed by atoms with van der Waals surface area (Å²) in [5, 5.41) is 3.95. The number of hydrogen-bond donors (Lipinski definition) is 2. The minimum absolute atomic E-state index is 0.0136. The van der Waals surface area contributed by atoms with Gasteiger partial charge in [-0.2, -0.15) is 0 Å².